The van der Waals surface area contributed by atoms with Crippen molar-refractivity contribution in [3.63, 3.8) is 0 Å². The molecule has 1 atom stereocenters. The van der Waals surface area contributed by atoms with Crippen LogP contribution in [0.1, 0.15) is 39.0 Å². The lowest BCUT2D eigenvalue weighted by Gasteiger charge is -2.32. The van der Waals surface area contributed by atoms with Gasteiger partial charge in [0.05, 0.1) is 7.11 Å². The van der Waals surface area contributed by atoms with E-state index in [-0.39, 0.29) is 18.9 Å². The highest BCUT2D eigenvalue weighted by molar-refractivity contribution is 5.83. The number of rotatable bonds is 6. The van der Waals surface area contributed by atoms with Gasteiger partial charge >= 0.3 is 18.0 Å². The molecule has 2 amide bonds. The first kappa shape index (κ1) is 17.3. The number of nitrogens with one attached hydrogen (secondary N) is 1. The van der Waals surface area contributed by atoms with E-state index in [9.17, 15) is 14.4 Å². The second kappa shape index (κ2) is 8.49. The van der Waals surface area contributed by atoms with Crippen LogP contribution in [0.15, 0.2) is 0 Å². The normalized spacial score (nSPS) is 17.1. The van der Waals surface area contributed by atoms with Crippen molar-refractivity contribution in [3.05, 3.63) is 0 Å². The van der Waals surface area contributed by atoms with Crippen LogP contribution in [0.4, 0.5) is 4.79 Å². The number of amides is 2. The molecular formula is C14H24N2O5. The van der Waals surface area contributed by atoms with Gasteiger partial charge < -0.3 is 20.1 Å². The lowest BCUT2D eigenvalue weighted by molar-refractivity contribution is -0.142. The molecule has 1 fully saturated rings. The first-order valence-corrected chi connectivity index (χ1v) is 7.33. The molecule has 0 radical (unpaired) electrons. The Hall–Kier alpha value is -1.79. The summed E-state index contributed by atoms with van der Waals surface area (Å²) in [5, 5.41) is 11.6. The zero-order valence-corrected chi connectivity index (χ0v) is 12.6. The van der Waals surface area contributed by atoms with E-state index in [0.29, 0.717) is 19.0 Å². The van der Waals surface area contributed by atoms with Crippen molar-refractivity contribution in [2.75, 3.05) is 20.2 Å². The second-order valence-electron chi connectivity index (χ2n) is 5.29. The number of carbonyl (C=O) groups is 3. The molecule has 7 nitrogen and oxygen atoms in total. The Morgan fingerprint density at radius 3 is 2.43 bits per heavy atom. The van der Waals surface area contributed by atoms with Crippen molar-refractivity contribution in [1.82, 2.24) is 10.2 Å². The molecule has 21 heavy (non-hydrogen) atoms. The smallest absolute Gasteiger partial charge is 0.326 e. The molecule has 0 saturated carbocycles. The monoisotopic (exact) mass is 300 g/mol. The number of methoxy groups -OCH3 is 1. The predicted octanol–water partition coefficient (Wildman–Crippen LogP) is 1.22. The van der Waals surface area contributed by atoms with Gasteiger partial charge in [0.25, 0.3) is 0 Å². The minimum Gasteiger partial charge on any atom is -0.480 e. The van der Waals surface area contributed by atoms with Crippen molar-refractivity contribution in [2.24, 2.45) is 5.92 Å². The second-order valence-corrected chi connectivity index (χ2v) is 5.29. The minimum absolute atomic E-state index is 0.0270. The van der Waals surface area contributed by atoms with Gasteiger partial charge in [-0.05, 0) is 25.2 Å². The number of carboxylic acids is 1. The molecule has 1 rings (SSSR count). The Balaban J connectivity index is 2.45. The molecule has 120 valence electrons. The molecule has 0 aromatic rings. The number of hydrogen-bond donors (Lipinski definition) is 2. The molecule has 7 heteroatoms. The highest BCUT2D eigenvalue weighted by atomic mass is 16.5. The van der Waals surface area contributed by atoms with Gasteiger partial charge in [0.15, 0.2) is 0 Å². The van der Waals surface area contributed by atoms with Crippen LogP contribution < -0.4 is 5.32 Å². The zero-order valence-electron chi connectivity index (χ0n) is 12.6. The van der Waals surface area contributed by atoms with E-state index in [1.807, 2.05) is 0 Å². The topological polar surface area (TPSA) is 95.9 Å². The first-order chi connectivity index (χ1) is 9.97. The molecule has 1 aliphatic rings. The van der Waals surface area contributed by atoms with Crippen molar-refractivity contribution < 1.29 is 24.2 Å². The zero-order chi connectivity index (χ0) is 15.8. The molecule has 1 saturated heterocycles. The highest BCUT2D eigenvalue weighted by Crippen LogP contribution is 2.19. The van der Waals surface area contributed by atoms with Gasteiger partial charge in [-0.2, -0.15) is 0 Å². The number of nitrogens with zero attached hydrogens (tertiary/aromatic N) is 1. The van der Waals surface area contributed by atoms with Crippen molar-refractivity contribution in [2.45, 2.75) is 45.1 Å². The van der Waals surface area contributed by atoms with Gasteiger partial charge in [-0.25, -0.2) is 9.59 Å². The number of aliphatic carboxylic acids is 1. The number of carbonyl (C=O) groups excluding carboxylic acids is 2. The maximum Gasteiger partial charge on any atom is 0.326 e. The van der Waals surface area contributed by atoms with Crippen LogP contribution in [-0.4, -0.2) is 54.2 Å². The van der Waals surface area contributed by atoms with E-state index in [1.165, 1.54) is 7.11 Å². The lowest BCUT2D eigenvalue weighted by Crippen LogP contribution is -2.50. The van der Waals surface area contributed by atoms with E-state index in [2.05, 4.69) is 17.0 Å². The summed E-state index contributed by atoms with van der Waals surface area (Å²) in [5.41, 5.74) is 0. The van der Waals surface area contributed by atoms with E-state index in [0.717, 1.165) is 19.3 Å². The van der Waals surface area contributed by atoms with Crippen LogP contribution >= 0.6 is 0 Å². The molecule has 0 aliphatic carbocycles. The van der Waals surface area contributed by atoms with Gasteiger partial charge in [-0.1, -0.05) is 13.3 Å². The van der Waals surface area contributed by atoms with Crippen LogP contribution in [0, 0.1) is 5.92 Å². The molecule has 0 aromatic carbocycles. The van der Waals surface area contributed by atoms with Crippen molar-refractivity contribution in [3.8, 4) is 0 Å². The number of piperidine rings is 1. The summed E-state index contributed by atoms with van der Waals surface area (Å²) in [5.74, 6) is -0.987. The molecular weight excluding hydrogens is 276 g/mol. The van der Waals surface area contributed by atoms with Gasteiger partial charge in [-0.3, -0.25) is 4.79 Å². The Morgan fingerprint density at radius 2 is 1.95 bits per heavy atom. The number of hydrogen-bond acceptors (Lipinski definition) is 4. The molecule has 0 spiro atoms. The van der Waals surface area contributed by atoms with E-state index in [4.69, 9.17) is 5.11 Å². The number of esters is 1. The maximum atomic E-state index is 12.1. The molecule has 0 aromatic heterocycles. The fourth-order valence-corrected chi connectivity index (χ4v) is 2.41. The first-order valence-electron chi connectivity index (χ1n) is 7.33. The third-order valence-corrected chi connectivity index (χ3v) is 3.94. The highest BCUT2D eigenvalue weighted by Gasteiger charge is 2.26. The molecule has 1 heterocycles. The molecule has 1 aliphatic heterocycles. The third-order valence-electron chi connectivity index (χ3n) is 3.94. The summed E-state index contributed by atoms with van der Waals surface area (Å²) in [6, 6.07) is -1.44. The Labute approximate surface area is 124 Å². The summed E-state index contributed by atoms with van der Waals surface area (Å²) in [7, 11) is 1.24. The van der Waals surface area contributed by atoms with Crippen LogP contribution in [0.2, 0.25) is 0 Å². The number of urea groups is 1. The minimum atomic E-state index is -1.14. The van der Waals surface area contributed by atoms with Crippen molar-refractivity contribution >= 4 is 18.0 Å². The van der Waals surface area contributed by atoms with Crippen LogP contribution in [0.25, 0.3) is 0 Å². The van der Waals surface area contributed by atoms with E-state index < -0.39 is 18.0 Å². The number of ether oxygens (including phenoxy) is 1. The third kappa shape index (κ3) is 5.61. The summed E-state index contributed by atoms with van der Waals surface area (Å²) >= 11 is 0. The van der Waals surface area contributed by atoms with E-state index >= 15 is 0 Å². The lowest BCUT2D eigenvalue weighted by atomic mass is 9.95. The molecule has 2 N–H and O–H groups in total. The Bertz CT molecular complexity index is 378. The van der Waals surface area contributed by atoms with Crippen LogP contribution in [0.3, 0.4) is 0 Å². The number of likely N-dealkylation sites (tertiary alicyclic amines) is 1. The van der Waals surface area contributed by atoms with Gasteiger partial charge in [0, 0.05) is 19.5 Å². The molecule has 0 bridgehead atoms. The summed E-state index contributed by atoms with van der Waals surface area (Å²) in [4.78, 5) is 35.9. The van der Waals surface area contributed by atoms with Crippen LogP contribution in [0.5, 0.6) is 0 Å². The van der Waals surface area contributed by atoms with Crippen molar-refractivity contribution in [1.29, 1.82) is 0 Å². The average Bonchev–Trinajstić information content (AvgIpc) is 2.50. The molecule has 0 unspecified atom stereocenters. The average molecular weight is 300 g/mol. The summed E-state index contributed by atoms with van der Waals surface area (Å²) < 4.78 is 4.47. The van der Waals surface area contributed by atoms with Gasteiger partial charge in [0.1, 0.15) is 6.04 Å². The SMILES string of the molecule is CCC1CCN(C(=O)N[C@@H](CCC(=O)OC)C(=O)O)CC1. The summed E-state index contributed by atoms with van der Waals surface area (Å²) in [6.07, 6.45) is 2.99. The van der Waals surface area contributed by atoms with Gasteiger partial charge in [0.2, 0.25) is 0 Å². The maximum absolute atomic E-state index is 12.1. The largest absolute Gasteiger partial charge is 0.480 e. The predicted molar refractivity (Wildman–Crippen MR) is 75.8 cm³/mol. The number of carboxylic acid groups (broad SMARTS) is 1. The Kier molecular flexibility index (Phi) is 6.98. The fraction of sp³-hybridized carbons (Fsp3) is 0.786. The fourth-order valence-electron chi connectivity index (χ4n) is 2.41. The summed E-state index contributed by atoms with van der Waals surface area (Å²) in [6.45, 7) is 3.43. The standard InChI is InChI=1S/C14H24N2O5/c1-3-10-6-8-16(9-7-10)14(20)15-11(13(18)19)4-5-12(17)21-2/h10-11H,3-9H2,1-2H3,(H,15,20)(H,18,19)/t11-/m0/s1. The quantitative estimate of drug-likeness (QED) is 0.719. The van der Waals surface area contributed by atoms with E-state index in [1.54, 1.807) is 4.90 Å². The Morgan fingerprint density at radius 1 is 1.33 bits per heavy atom. The van der Waals surface area contributed by atoms with Crippen LogP contribution in [-0.2, 0) is 14.3 Å². The van der Waals surface area contributed by atoms with Gasteiger partial charge in [-0.15, -0.1) is 0 Å².